The van der Waals surface area contributed by atoms with Gasteiger partial charge in [0.2, 0.25) is 0 Å². The molecule has 0 radical (unpaired) electrons. The molecular formula is C5H9N5O4S. The molecule has 0 aromatic carbocycles. The highest BCUT2D eigenvalue weighted by Crippen LogP contribution is 1.97. The first-order chi connectivity index (χ1) is 6.93. The van der Waals surface area contributed by atoms with Gasteiger partial charge in [-0.3, -0.25) is 4.79 Å². The standard InChI is InChI=1S/C5H9N5O4S/c6-3(4(11)12)1-9-15(13,14)5-7-2-8-10-5/h2-3,9H,1,6H2,(H,11,12)(H,7,8,10)/t3-/m0/s1. The Kier molecular flexibility index (Phi) is 3.34. The first-order valence-electron chi connectivity index (χ1n) is 3.77. The van der Waals surface area contributed by atoms with Gasteiger partial charge in [-0.25, -0.2) is 23.2 Å². The van der Waals surface area contributed by atoms with Crippen molar-refractivity contribution in [1.82, 2.24) is 19.9 Å². The van der Waals surface area contributed by atoms with Crippen LogP contribution >= 0.6 is 0 Å². The van der Waals surface area contributed by atoms with Crippen molar-refractivity contribution in [2.45, 2.75) is 11.2 Å². The van der Waals surface area contributed by atoms with Crippen LogP contribution in [0.3, 0.4) is 0 Å². The number of aliphatic carboxylic acids is 1. The van der Waals surface area contributed by atoms with Crippen LogP contribution in [-0.4, -0.2) is 47.3 Å². The quantitative estimate of drug-likeness (QED) is 0.440. The number of hydrogen-bond acceptors (Lipinski definition) is 6. The fraction of sp³-hybridized carbons (Fsp3) is 0.400. The van der Waals surface area contributed by atoms with Crippen LogP contribution in [0.1, 0.15) is 0 Å². The Morgan fingerprint density at radius 1 is 1.73 bits per heavy atom. The SMILES string of the molecule is N[C@@H](CNS(=O)(=O)c1ncn[nH]1)C(=O)O. The molecule has 10 heteroatoms. The highest BCUT2D eigenvalue weighted by molar-refractivity contribution is 7.89. The van der Waals surface area contributed by atoms with E-state index in [9.17, 15) is 13.2 Å². The monoisotopic (exact) mass is 235 g/mol. The first kappa shape index (κ1) is 11.6. The molecule has 0 bridgehead atoms. The molecule has 15 heavy (non-hydrogen) atoms. The molecule has 0 saturated carbocycles. The number of carbonyl (C=O) groups is 1. The van der Waals surface area contributed by atoms with Crippen molar-refractivity contribution in [2.75, 3.05) is 6.54 Å². The summed E-state index contributed by atoms with van der Waals surface area (Å²) in [4.78, 5) is 13.7. The predicted molar refractivity (Wildman–Crippen MR) is 47.2 cm³/mol. The first-order valence-corrected chi connectivity index (χ1v) is 5.25. The van der Waals surface area contributed by atoms with Crippen molar-refractivity contribution < 1.29 is 18.3 Å². The number of sulfonamides is 1. The van der Waals surface area contributed by atoms with Crippen molar-refractivity contribution in [1.29, 1.82) is 0 Å². The second kappa shape index (κ2) is 4.33. The summed E-state index contributed by atoms with van der Waals surface area (Å²) in [6.07, 6.45) is 1.02. The molecule has 0 spiro atoms. The number of hydrogen-bond donors (Lipinski definition) is 4. The number of rotatable bonds is 5. The fourth-order valence-electron chi connectivity index (χ4n) is 0.679. The molecule has 84 valence electrons. The minimum absolute atomic E-state index is 0.389. The molecule has 1 rings (SSSR count). The number of nitrogens with one attached hydrogen (secondary N) is 2. The highest BCUT2D eigenvalue weighted by Gasteiger charge is 2.20. The van der Waals surface area contributed by atoms with Gasteiger partial charge in [-0.1, -0.05) is 0 Å². The van der Waals surface area contributed by atoms with E-state index >= 15 is 0 Å². The van der Waals surface area contributed by atoms with Crippen LogP contribution in [0.25, 0.3) is 0 Å². The lowest BCUT2D eigenvalue weighted by atomic mass is 10.3. The lowest BCUT2D eigenvalue weighted by Crippen LogP contribution is -2.42. The molecule has 1 aromatic heterocycles. The second-order valence-electron chi connectivity index (χ2n) is 2.59. The normalized spacial score (nSPS) is 13.7. The summed E-state index contributed by atoms with van der Waals surface area (Å²) in [6.45, 7) is -0.418. The van der Waals surface area contributed by atoms with Gasteiger partial charge >= 0.3 is 5.97 Å². The zero-order valence-corrected chi connectivity index (χ0v) is 8.23. The van der Waals surface area contributed by atoms with E-state index in [2.05, 4.69) is 15.2 Å². The minimum Gasteiger partial charge on any atom is -0.480 e. The van der Waals surface area contributed by atoms with Crippen LogP contribution in [0, 0.1) is 0 Å². The number of aromatic nitrogens is 3. The van der Waals surface area contributed by atoms with Crippen LogP contribution in [0.2, 0.25) is 0 Å². The molecule has 0 saturated heterocycles. The van der Waals surface area contributed by atoms with Gasteiger partial charge in [-0.15, -0.1) is 0 Å². The van der Waals surface area contributed by atoms with E-state index in [0.717, 1.165) is 6.33 Å². The molecule has 0 aliphatic rings. The zero-order chi connectivity index (χ0) is 11.5. The van der Waals surface area contributed by atoms with Crippen LogP contribution in [0.4, 0.5) is 0 Å². The molecule has 1 heterocycles. The maximum Gasteiger partial charge on any atom is 0.321 e. The number of nitrogens with zero attached hydrogens (tertiary/aromatic N) is 2. The summed E-state index contributed by atoms with van der Waals surface area (Å²) in [6, 6.07) is -1.30. The molecule has 0 fully saturated rings. The molecule has 0 amide bonds. The zero-order valence-electron chi connectivity index (χ0n) is 7.41. The van der Waals surface area contributed by atoms with E-state index in [0.29, 0.717) is 0 Å². The molecule has 5 N–H and O–H groups in total. The van der Waals surface area contributed by atoms with Gasteiger partial charge in [0.1, 0.15) is 12.4 Å². The maximum atomic E-state index is 11.3. The van der Waals surface area contributed by atoms with Crippen LogP contribution < -0.4 is 10.5 Å². The lowest BCUT2D eigenvalue weighted by Gasteiger charge is -2.06. The van der Waals surface area contributed by atoms with Gasteiger partial charge in [0.25, 0.3) is 15.2 Å². The van der Waals surface area contributed by atoms with Gasteiger partial charge in [-0.05, 0) is 0 Å². The summed E-state index contributed by atoms with van der Waals surface area (Å²) in [5, 5.41) is 13.5. The van der Waals surface area contributed by atoms with Gasteiger partial charge < -0.3 is 10.8 Å². The maximum absolute atomic E-state index is 11.3. The van der Waals surface area contributed by atoms with Gasteiger partial charge in [0.05, 0.1) is 0 Å². The smallest absolute Gasteiger partial charge is 0.321 e. The molecule has 1 aromatic rings. The summed E-state index contributed by atoms with van der Waals surface area (Å²) in [7, 11) is -3.87. The Hall–Kier alpha value is -1.52. The summed E-state index contributed by atoms with van der Waals surface area (Å²) < 4.78 is 24.6. The van der Waals surface area contributed by atoms with Crippen molar-refractivity contribution >= 4 is 16.0 Å². The van der Waals surface area contributed by atoms with Gasteiger partial charge in [0, 0.05) is 6.54 Å². The Labute approximate surface area is 84.7 Å². The van der Waals surface area contributed by atoms with E-state index in [1.54, 1.807) is 0 Å². The summed E-state index contributed by atoms with van der Waals surface area (Å²) in [5.74, 6) is -1.30. The van der Waals surface area contributed by atoms with Crippen molar-refractivity contribution in [3.63, 3.8) is 0 Å². The van der Waals surface area contributed by atoms with E-state index in [1.165, 1.54) is 0 Å². The molecule has 9 nitrogen and oxygen atoms in total. The summed E-state index contributed by atoms with van der Waals surface area (Å²) >= 11 is 0. The van der Waals surface area contributed by atoms with E-state index in [-0.39, 0.29) is 5.16 Å². The number of aromatic amines is 1. The van der Waals surface area contributed by atoms with E-state index in [1.807, 2.05) is 4.72 Å². The van der Waals surface area contributed by atoms with Gasteiger partial charge in [-0.2, -0.15) is 5.10 Å². The Balaban J connectivity index is 2.63. The third kappa shape index (κ3) is 2.97. The molecule has 1 atom stereocenters. The number of carboxylic acid groups (broad SMARTS) is 1. The van der Waals surface area contributed by atoms with E-state index in [4.69, 9.17) is 10.8 Å². The number of carboxylic acids is 1. The minimum atomic E-state index is -3.87. The van der Waals surface area contributed by atoms with Crippen molar-refractivity contribution in [3.05, 3.63) is 6.33 Å². The number of H-pyrrole nitrogens is 1. The van der Waals surface area contributed by atoms with Crippen molar-refractivity contribution in [3.8, 4) is 0 Å². The molecular weight excluding hydrogens is 226 g/mol. The van der Waals surface area contributed by atoms with Crippen molar-refractivity contribution in [2.24, 2.45) is 5.73 Å². The van der Waals surface area contributed by atoms with E-state index < -0.39 is 28.6 Å². The summed E-state index contributed by atoms with van der Waals surface area (Å²) in [5.41, 5.74) is 5.10. The molecule has 0 unspecified atom stereocenters. The highest BCUT2D eigenvalue weighted by atomic mass is 32.2. The Morgan fingerprint density at radius 2 is 2.40 bits per heavy atom. The lowest BCUT2D eigenvalue weighted by molar-refractivity contribution is -0.138. The Bertz CT molecular complexity index is 426. The second-order valence-corrected chi connectivity index (χ2v) is 4.27. The molecule has 0 aliphatic carbocycles. The third-order valence-corrected chi connectivity index (χ3v) is 2.71. The largest absolute Gasteiger partial charge is 0.480 e. The van der Waals surface area contributed by atoms with Gasteiger partial charge in [0.15, 0.2) is 0 Å². The predicted octanol–water partition coefficient (Wildman–Crippen LogP) is -2.51. The average Bonchev–Trinajstić information content (AvgIpc) is 2.67. The third-order valence-electron chi connectivity index (χ3n) is 1.46. The Morgan fingerprint density at radius 3 is 2.87 bits per heavy atom. The average molecular weight is 235 g/mol. The van der Waals surface area contributed by atoms with Crippen LogP contribution in [-0.2, 0) is 14.8 Å². The fourth-order valence-corrected chi connectivity index (χ4v) is 1.57. The van der Waals surface area contributed by atoms with Crippen LogP contribution in [0.5, 0.6) is 0 Å². The van der Waals surface area contributed by atoms with Crippen LogP contribution in [0.15, 0.2) is 11.5 Å². The topological polar surface area (TPSA) is 151 Å². The molecule has 0 aliphatic heterocycles. The number of nitrogens with two attached hydrogens (primary N) is 1.